The highest BCUT2D eigenvalue weighted by molar-refractivity contribution is 5.53. The maximum atomic E-state index is 9.23. The Balaban J connectivity index is 2.96. The fourth-order valence-corrected chi connectivity index (χ4v) is 1.16. The Kier molecular flexibility index (Phi) is 3.42. The minimum Gasteiger partial charge on any atom is -0.392 e. The molecule has 0 aliphatic carbocycles. The molecule has 0 saturated heterocycles. The fourth-order valence-electron chi connectivity index (χ4n) is 1.16. The summed E-state index contributed by atoms with van der Waals surface area (Å²) in [7, 11) is 0. The topological polar surface area (TPSA) is 33.1 Å². The highest BCUT2D eigenvalue weighted by Gasteiger charge is 2.15. The summed E-state index contributed by atoms with van der Waals surface area (Å²) < 4.78 is 0. The number of rotatable bonds is 2. The summed E-state index contributed by atoms with van der Waals surface area (Å²) in [4.78, 5) is 4.03. The number of pyridine rings is 1. The molecular formula is C12H17NO. The van der Waals surface area contributed by atoms with Gasteiger partial charge in [0.2, 0.25) is 0 Å². The summed E-state index contributed by atoms with van der Waals surface area (Å²) in [5.41, 5.74) is 2.06. The van der Waals surface area contributed by atoms with Crippen molar-refractivity contribution in [3.05, 3.63) is 35.7 Å². The average molecular weight is 191 g/mol. The summed E-state index contributed by atoms with van der Waals surface area (Å²) >= 11 is 0. The maximum Gasteiger partial charge on any atom is 0.0650 e. The van der Waals surface area contributed by atoms with Crippen LogP contribution in [0.5, 0.6) is 0 Å². The van der Waals surface area contributed by atoms with Gasteiger partial charge in [-0.05, 0) is 22.6 Å². The Hall–Kier alpha value is -1.15. The van der Waals surface area contributed by atoms with E-state index in [1.165, 1.54) is 0 Å². The van der Waals surface area contributed by atoms with Gasteiger partial charge in [0.15, 0.2) is 0 Å². The lowest BCUT2D eigenvalue weighted by Gasteiger charge is -2.21. The Morgan fingerprint density at radius 1 is 1.50 bits per heavy atom. The first-order valence-electron chi connectivity index (χ1n) is 4.76. The van der Waals surface area contributed by atoms with E-state index < -0.39 is 0 Å². The van der Waals surface area contributed by atoms with Crippen molar-refractivity contribution in [1.82, 2.24) is 4.98 Å². The van der Waals surface area contributed by atoms with Gasteiger partial charge in [0.05, 0.1) is 6.61 Å². The van der Waals surface area contributed by atoms with E-state index in [9.17, 15) is 5.11 Å². The molecule has 1 aromatic rings. The normalized spacial score (nSPS) is 13.0. The minimum absolute atomic E-state index is 0.00455. The van der Waals surface area contributed by atoms with E-state index in [0.717, 1.165) is 11.1 Å². The molecule has 0 spiro atoms. The van der Waals surface area contributed by atoms with Crippen LogP contribution < -0.4 is 0 Å². The monoisotopic (exact) mass is 191 g/mol. The van der Waals surface area contributed by atoms with Gasteiger partial charge < -0.3 is 5.11 Å². The first-order chi connectivity index (χ1) is 6.54. The van der Waals surface area contributed by atoms with Gasteiger partial charge in [-0.25, -0.2) is 0 Å². The maximum absolute atomic E-state index is 9.23. The highest BCUT2D eigenvalue weighted by atomic mass is 16.3. The Morgan fingerprint density at radius 2 is 2.21 bits per heavy atom. The van der Waals surface area contributed by atoms with Gasteiger partial charge in [-0.15, -0.1) is 0 Å². The van der Waals surface area contributed by atoms with Crippen molar-refractivity contribution in [3.8, 4) is 0 Å². The van der Waals surface area contributed by atoms with E-state index >= 15 is 0 Å². The summed E-state index contributed by atoms with van der Waals surface area (Å²) in [6.45, 7) is 6.36. The second-order valence-electron chi connectivity index (χ2n) is 4.36. The van der Waals surface area contributed by atoms with Crippen molar-refractivity contribution in [2.45, 2.75) is 20.8 Å². The molecular weight excluding hydrogens is 174 g/mol. The smallest absolute Gasteiger partial charge is 0.0650 e. The third-order valence-corrected chi connectivity index (χ3v) is 2.16. The van der Waals surface area contributed by atoms with Gasteiger partial charge in [-0.1, -0.05) is 32.9 Å². The van der Waals surface area contributed by atoms with Gasteiger partial charge >= 0.3 is 0 Å². The highest BCUT2D eigenvalue weighted by Crippen LogP contribution is 2.26. The lowest BCUT2D eigenvalue weighted by Crippen LogP contribution is -2.12. The molecule has 1 aromatic heterocycles. The molecule has 76 valence electrons. The van der Waals surface area contributed by atoms with Crippen molar-refractivity contribution < 1.29 is 5.11 Å². The van der Waals surface area contributed by atoms with Crippen LogP contribution >= 0.6 is 0 Å². The third kappa shape index (κ3) is 2.96. The summed E-state index contributed by atoms with van der Waals surface area (Å²) in [6, 6.07) is 3.87. The van der Waals surface area contributed by atoms with Crippen LogP contribution in [0.4, 0.5) is 0 Å². The van der Waals surface area contributed by atoms with Crippen molar-refractivity contribution in [3.63, 3.8) is 0 Å². The largest absolute Gasteiger partial charge is 0.392 e. The van der Waals surface area contributed by atoms with Crippen molar-refractivity contribution >= 4 is 6.08 Å². The van der Waals surface area contributed by atoms with Crippen LogP contribution in [0.15, 0.2) is 30.1 Å². The lowest BCUT2D eigenvalue weighted by atomic mass is 9.86. The summed E-state index contributed by atoms with van der Waals surface area (Å²) in [5, 5.41) is 9.23. The van der Waals surface area contributed by atoms with Crippen LogP contribution in [0.3, 0.4) is 0 Å². The van der Waals surface area contributed by atoms with Crippen LogP contribution in [0.25, 0.3) is 6.08 Å². The number of aliphatic hydroxyl groups excluding tert-OH is 1. The first-order valence-corrected chi connectivity index (χ1v) is 4.76. The van der Waals surface area contributed by atoms with E-state index in [2.05, 4.69) is 25.8 Å². The van der Waals surface area contributed by atoms with Crippen LogP contribution in [0.1, 0.15) is 26.3 Å². The molecule has 1 N–H and O–H groups in total. The Bertz CT molecular complexity index is 309. The third-order valence-electron chi connectivity index (χ3n) is 2.16. The number of aromatic nitrogens is 1. The van der Waals surface area contributed by atoms with E-state index in [1.807, 2.05) is 18.2 Å². The SMILES string of the molecule is CC(C)(C)/C(=C/c1cccnc1)CO. The van der Waals surface area contributed by atoms with E-state index in [-0.39, 0.29) is 12.0 Å². The number of nitrogens with zero attached hydrogens (tertiary/aromatic N) is 1. The van der Waals surface area contributed by atoms with E-state index in [4.69, 9.17) is 0 Å². The summed E-state index contributed by atoms with van der Waals surface area (Å²) in [6.07, 6.45) is 5.53. The van der Waals surface area contributed by atoms with E-state index in [0.29, 0.717) is 0 Å². The molecule has 0 unspecified atom stereocenters. The Morgan fingerprint density at radius 3 is 2.64 bits per heavy atom. The lowest BCUT2D eigenvalue weighted by molar-refractivity contribution is 0.298. The van der Waals surface area contributed by atoms with Crippen LogP contribution in [-0.4, -0.2) is 16.7 Å². The predicted molar refractivity (Wildman–Crippen MR) is 58.8 cm³/mol. The Labute approximate surface area is 85.3 Å². The molecule has 0 bridgehead atoms. The number of hydrogen-bond acceptors (Lipinski definition) is 2. The molecule has 0 aromatic carbocycles. The minimum atomic E-state index is 0.00455. The fraction of sp³-hybridized carbons (Fsp3) is 0.417. The van der Waals surface area contributed by atoms with E-state index in [1.54, 1.807) is 12.4 Å². The zero-order chi connectivity index (χ0) is 10.6. The molecule has 14 heavy (non-hydrogen) atoms. The van der Waals surface area contributed by atoms with Crippen LogP contribution in [0, 0.1) is 5.41 Å². The average Bonchev–Trinajstić information content (AvgIpc) is 2.14. The van der Waals surface area contributed by atoms with Gasteiger partial charge in [0, 0.05) is 12.4 Å². The molecule has 2 nitrogen and oxygen atoms in total. The molecule has 0 fully saturated rings. The van der Waals surface area contributed by atoms with Crippen molar-refractivity contribution in [2.24, 2.45) is 5.41 Å². The van der Waals surface area contributed by atoms with Gasteiger partial charge in [0.25, 0.3) is 0 Å². The molecule has 0 aliphatic heterocycles. The number of aliphatic hydroxyl groups is 1. The molecule has 0 amide bonds. The molecule has 1 heterocycles. The summed E-state index contributed by atoms with van der Waals surface area (Å²) in [5.74, 6) is 0. The first kappa shape index (κ1) is 10.9. The van der Waals surface area contributed by atoms with Crippen molar-refractivity contribution in [1.29, 1.82) is 0 Å². The predicted octanol–water partition coefficient (Wildman–Crippen LogP) is 2.50. The van der Waals surface area contributed by atoms with Crippen LogP contribution in [-0.2, 0) is 0 Å². The molecule has 1 rings (SSSR count). The molecule has 0 atom stereocenters. The van der Waals surface area contributed by atoms with Crippen LogP contribution in [0.2, 0.25) is 0 Å². The molecule has 0 saturated carbocycles. The molecule has 2 heteroatoms. The molecule has 0 radical (unpaired) electrons. The zero-order valence-corrected chi connectivity index (χ0v) is 8.99. The van der Waals surface area contributed by atoms with Gasteiger partial charge in [-0.2, -0.15) is 0 Å². The second kappa shape index (κ2) is 4.38. The zero-order valence-electron chi connectivity index (χ0n) is 8.99. The second-order valence-corrected chi connectivity index (χ2v) is 4.36. The molecule has 0 aliphatic rings. The van der Waals surface area contributed by atoms with Gasteiger partial charge in [0.1, 0.15) is 0 Å². The number of hydrogen-bond donors (Lipinski definition) is 1. The van der Waals surface area contributed by atoms with Gasteiger partial charge in [-0.3, -0.25) is 4.98 Å². The standard InChI is InChI=1S/C12H17NO/c1-12(2,3)11(9-14)7-10-5-4-6-13-8-10/h4-8,14H,9H2,1-3H3/b11-7+. The quantitative estimate of drug-likeness (QED) is 0.779. The van der Waals surface area contributed by atoms with Crippen molar-refractivity contribution in [2.75, 3.05) is 6.61 Å².